The Morgan fingerprint density at radius 1 is 1.39 bits per heavy atom. The average Bonchev–Trinajstić information content (AvgIpc) is 2.77. The van der Waals surface area contributed by atoms with Crippen LogP contribution < -0.4 is 5.32 Å². The molecule has 0 spiro atoms. The fourth-order valence-corrected chi connectivity index (χ4v) is 2.03. The van der Waals surface area contributed by atoms with Gasteiger partial charge < -0.3 is 9.73 Å². The van der Waals surface area contributed by atoms with Crippen molar-refractivity contribution in [2.45, 2.75) is 20.4 Å². The summed E-state index contributed by atoms with van der Waals surface area (Å²) in [5.74, 6) is 2.16. The van der Waals surface area contributed by atoms with E-state index in [2.05, 4.69) is 40.1 Å². The minimum absolute atomic E-state index is 0.629. The van der Waals surface area contributed by atoms with E-state index in [0.29, 0.717) is 12.5 Å². The zero-order valence-corrected chi connectivity index (χ0v) is 12.2. The minimum atomic E-state index is 0.629. The van der Waals surface area contributed by atoms with E-state index in [9.17, 15) is 0 Å². The maximum Gasteiger partial charge on any atom is 0.208 e. The molecule has 0 atom stereocenters. The Hall–Kier alpha value is -1.13. The van der Waals surface area contributed by atoms with Crippen molar-refractivity contribution in [1.29, 1.82) is 0 Å². The lowest BCUT2D eigenvalue weighted by molar-refractivity contribution is 0.459. The zero-order valence-electron chi connectivity index (χ0n) is 10.6. The Bertz CT molecular complexity index is 508. The third-order valence-corrected chi connectivity index (χ3v) is 2.98. The molecule has 0 unspecified atom stereocenters. The van der Waals surface area contributed by atoms with Crippen molar-refractivity contribution in [3.63, 3.8) is 0 Å². The molecule has 3 nitrogen and oxygen atoms in total. The van der Waals surface area contributed by atoms with E-state index in [4.69, 9.17) is 4.42 Å². The van der Waals surface area contributed by atoms with Gasteiger partial charge in [-0.05, 0) is 24.6 Å². The van der Waals surface area contributed by atoms with Crippen LogP contribution in [0.15, 0.2) is 39.4 Å². The number of hydrogen-bond donors (Lipinski definition) is 1. The summed E-state index contributed by atoms with van der Waals surface area (Å²) < 4.78 is 6.75. The molecule has 0 saturated heterocycles. The highest BCUT2D eigenvalue weighted by atomic mass is 79.9. The molecule has 4 heteroatoms. The Balaban J connectivity index is 2.02. The van der Waals surface area contributed by atoms with Crippen molar-refractivity contribution in [1.82, 2.24) is 10.3 Å². The van der Waals surface area contributed by atoms with Gasteiger partial charge in [-0.1, -0.05) is 41.9 Å². The first-order valence-electron chi connectivity index (χ1n) is 6.06. The molecule has 0 bridgehead atoms. The van der Waals surface area contributed by atoms with E-state index in [-0.39, 0.29) is 0 Å². The SMILES string of the molecule is CC(C)CNCc1ncc(-c2cccc(Br)c2)o1. The second-order valence-corrected chi connectivity index (χ2v) is 5.57. The largest absolute Gasteiger partial charge is 0.439 e. The fraction of sp³-hybridized carbons (Fsp3) is 0.357. The molecule has 0 aliphatic carbocycles. The van der Waals surface area contributed by atoms with E-state index in [1.54, 1.807) is 6.20 Å². The molecule has 0 amide bonds. The lowest BCUT2D eigenvalue weighted by Gasteiger charge is -2.04. The van der Waals surface area contributed by atoms with Crippen molar-refractivity contribution in [2.24, 2.45) is 5.92 Å². The van der Waals surface area contributed by atoms with Crippen LogP contribution in [0.5, 0.6) is 0 Å². The molecular formula is C14H17BrN2O. The third-order valence-electron chi connectivity index (χ3n) is 2.49. The number of oxazole rings is 1. The summed E-state index contributed by atoms with van der Waals surface area (Å²) in [4.78, 5) is 4.27. The van der Waals surface area contributed by atoms with Crippen LogP contribution in [0.1, 0.15) is 19.7 Å². The highest BCUT2D eigenvalue weighted by molar-refractivity contribution is 9.10. The Labute approximate surface area is 116 Å². The maximum absolute atomic E-state index is 5.71. The fourth-order valence-electron chi connectivity index (χ4n) is 1.63. The summed E-state index contributed by atoms with van der Waals surface area (Å²) in [5.41, 5.74) is 1.03. The Morgan fingerprint density at radius 2 is 2.22 bits per heavy atom. The van der Waals surface area contributed by atoms with Crippen LogP contribution in [-0.4, -0.2) is 11.5 Å². The smallest absolute Gasteiger partial charge is 0.208 e. The van der Waals surface area contributed by atoms with Crippen LogP contribution in [0, 0.1) is 5.92 Å². The molecule has 2 aromatic rings. The van der Waals surface area contributed by atoms with Gasteiger partial charge in [0.2, 0.25) is 5.89 Å². The molecule has 0 aliphatic rings. The quantitative estimate of drug-likeness (QED) is 0.911. The van der Waals surface area contributed by atoms with Gasteiger partial charge in [0.15, 0.2) is 5.76 Å². The lowest BCUT2D eigenvalue weighted by atomic mass is 10.2. The standard InChI is InChI=1S/C14H17BrN2O/c1-10(2)7-16-9-14-17-8-13(18-14)11-4-3-5-12(15)6-11/h3-6,8,10,16H,7,9H2,1-2H3. The molecule has 18 heavy (non-hydrogen) atoms. The molecule has 0 saturated carbocycles. The van der Waals surface area contributed by atoms with Gasteiger partial charge in [-0.2, -0.15) is 0 Å². The van der Waals surface area contributed by atoms with Gasteiger partial charge in [0, 0.05) is 10.0 Å². The van der Waals surface area contributed by atoms with E-state index >= 15 is 0 Å². The Morgan fingerprint density at radius 3 is 2.94 bits per heavy atom. The number of aromatic nitrogens is 1. The van der Waals surface area contributed by atoms with E-state index in [1.807, 2.05) is 24.3 Å². The molecule has 0 fully saturated rings. The minimum Gasteiger partial charge on any atom is -0.439 e. The normalized spacial score (nSPS) is 11.1. The molecule has 1 aromatic carbocycles. The Kier molecular flexibility index (Phi) is 4.55. The zero-order chi connectivity index (χ0) is 13.0. The first-order chi connectivity index (χ1) is 8.65. The van der Waals surface area contributed by atoms with E-state index in [1.165, 1.54) is 0 Å². The molecule has 1 heterocycles. The second-order valence-electron chi connectivity index (χ2n) is 4.65. The van der Waals surface area contributed by atoms with E-state index in [0.717, 1.165) is 28.2 Å². The van der Waals surface area contributed by atoms with Gasteiger partial charge in [0.05, 0.1) is 12.7 Å². The van der Waals surface area contributed by atoms with Crippen LogP contribution in [0.2, 0.25) is 0 Å². The van der Waals surface area contributed by atoms with Gasteiger partial charge in [-0.3, -0.25) is 0 Å². The number of hydrogen-bond acceptors (Lipinski definition) is 3. The van der Waals surface area contributed by atoms with Gasteiger partial charge in [-0.15, -0.1) is 0 Å². The molecule has 1 N–H and O–H groups in total. The number of halogens is 1. The van der Waals surface area contributed by atoms with Crippen LogP contribution in [-0.2, 0) is 6.54 Å². The van der Waals surface area contributed by atoms with Crippen LogP contribution >= 0.6 is 15.9 Å². The molecule has 0 radical (unpaired) electrons. The summed E-state index contributed by atoms with van der Waals surface area (Å²) in [5, 5.41) is 3.31. The summed E-state index contributed by atoms with van der Waals surface area (Å²) >= 11 is 3.45. The van der Waals surface area contributed by atoms with Crippen molar-refractivity contribution in [2.75, 3.05) is 6.54 Å². The highest BCUT2D eigenvalue weighted by Gasteiger charge is 2.06. The number of nitrogens with zero attached hydrogens (tertiary/aromatic N) is 1. The van der Waals surface area contributed by atoms with Crippen LogP contribution in [0.3, 0.4) is 0 Å². The van der Waals surface area contributed by atoms with Gasteiger partial charge in [-0.25, -0.2) is 4.98 Å². The average molecular weight is 309 g/mol. The van der Waals surface area contributed by atoms with Crippen molar-refractivity contribution in [3.05, 3.63) is 40.8 Å². The molecule has 0 aliphatic heterocycles. The first-order valence-corrected chi connectivity index (χ1v) is 6.86. The number of rotatable bonds is 5. The molecular weight excluding hydrogens is 292 g/mol. The first kappa shape index (κ1) is 13.3. The van der Waals surface area contributed by atoms with Crippen molar-refractivity contribution < 1.29 is 4.42 Å². The molecule has 2 rings (SSSR count). The lowest BCUT2D eigenvalue weighted by Crippen LogP contribution is -2.18. The predicted molar refractivity (Wildman–Crippen MR) is 76.2 cm³/mol. The summed E-state index contributed by atoms with van der Waals surface area (Å²) in [6, 6.07) is 8.01. The summed E-state index contributed by atoms with van der Waals surface area (Å²) in [7, 11) is 0. The van der Waals surface area contributed by atoms with E-state index < -0.39 is 0 Å². The van der Waals surface area contributed by atoms with Crippen LogP contribution in [0.4, 0.5) is 0 Å². The molecule has 1 aromatic heterocycles. The van der Waals surface area contributed by atoms with Crippen molar-refractivity contribution in [3.8, 4) is 11.3 Å². The molecule has 96 valence electrons. The number of benzene rings is 1. The third kappa shape index (κ3) is 3.68. The second kappa shape index (κ2) is 6.16. The summed E-state index contributed by atoms with van der Waals surface area (Å²) in [6.45, 7) is 5.99. The highest BCUT2D eigenvalue weighted by Crippen LogP contribution is 2.23. The van der Waals surface area contributed by atoms with Gasteiger partial charge in [0.1, 0.15) is 0 Å². The topological polar surface area (TPSA) is 38.1 Å². The van der Waals surface area contributed by atoms with Crippen molar-refractivity contribution >= 4 is 15.9 Å². The van der Waals surface area contributed by atoms with Crippen LogP contribution in [0.25, 0.3) is 11.3 Å². The monoisotopic (exact) mass is 308 g/mol. The summed E-state index contributed by atoms with van der Waals surface area (Å²) in [6.07, 6.45) is 1.77. The predicted octanol–water partition coefficient (Wildman–Crippen LogP) is 3.85. The maximum atomic E-state index is 5.71. The number of nitrogens with one attached hydrogen (secondary N) is 1. The van der Waals surface area contributed by atoms with Gasteiger partial charge >= 0.3 is 0 Å². The van der Waals surface area contributed by atoms with Gasteiger partial charge in [0.25, 0.3) is 0 Å².